The fourth-order valence-corrected chi connectivity index (χ4v) is 8.11. The van der Waals surface area contributed by atoms with Crippen LogP contribution in [-0.4, -0.2) is 87.4 Å². The molecule has 0 spiro atoms. The van der Waals surface area contributed by atoms with Crippen LogP contribution in [-0.2, 0) is 38.4 Å². The van der Waals surface area contributed by atoms with E-state index < -0.39 is 26.5 Å². The Balaban J connectivity index is 1.63. The molecule has 2 aliphatic heterocycles. The van der Waals surface area contributed by atoms with Gasteiger partial charge in [-0.05, 0) is 79.9 Å². The second kappa shape index (κ2) is 19.8. The average molecular weight is 838 g/mol. The molecule has 0 bridgehead atoms. The van der Waals surface area contributed by atoms with Crippen LogP contribution in [0.1, 0.15) is 109 Å². The van der Waals surface area contributed by atoms with Gasteiger partial charge in [-0.15, -0.1) is 0 Å². The predicted octanol–water partition coefficient (Wildman–Crippen LogP) is 9.71. The lowest BCUT2D eigenvalue weighted by atomic mass is 9.78. The van der Waals surface area contributed by atoms with E-state index in [1.807, 2.05) is 48.5 Å². The Hall–Kier alpha value is -3.04. The van der Waals surface area contributed by atoms with Gasteiger partial charge in [0.1, 0.15) is 17.1 Å². The van der Waals surface area contributed by atoms with Crippen molar-refractivity contribution in [3.8, 4) is 11.5 Å². The number of hydrogen-bond acceptors (Lipinski definition) is 11. The molecule has 0 aromatic heterocycles. The van der Waals surface area contributed by atoms with Gasteiger partial charge >= 0.3 is 0 Å². The van der Waals surface area contributed by atoms with Crippen molar-refractivity contribution < 1.29 is 47.4 Å². The van der Waals surface area contributed by atoms with Gasteiger partial charge in [0, 0.05) is 72.7 Å². The van der Waals surface area contributed by atoms with Crippen LogP contribution in [0.2, 0.25) is 18.1 Å². The Morgan fingerprint density at radius 1 is 0.729 bits per heavy atom. The number of anilines is 1. The van der Waals surface area contributed by atoms with E-state index >= 15 is 0 Å². The van der Waals surface area contributed by atoms with Gasteiger partial charge in [0.05, 0.1) is 26.4 Å². The molecule has 2 aliphatic rings. The standard InChI is InChI=1S/C47H71NO10Si/c1-13-48(23-14-15-24-58-59(11,12)44(2,3)4)37-18-16-17-36(27-37)47(49,38-25-34(19-21-40(38)56-32-50-9)42-52-28-45(5,6)29-53-42)39-26-35(20-22-41(39)57-33-51-10)43-54-30-46(7,8)31-55-43/h16-22,25-27,42-43,49H,13-15,23-24,28-33H2,1-12H3. The lowest BCUT2D eigenvalue weighted by Crippen LogP contribution is -2.41. The normalized spacial score (nSPS) is 17.8. The lowest BCUT2D eigenvalue weighted by molar-refractivity contribution is -0.226. The third-order valence-corrected chi connectivity index (χ3v) is 16.1. The average Bonchev–Trinajstić information content (AvgIpc) is 3.20. The SMILES string of the molecule is CCN(CCCCO[Si](C)(C)C(C)(C)C)c1cccc(C(O)(c2cc(C3OCC(C)(C)CO3)ccc2OCOC)c2cc(C3OCC(C)(C)CO3)ccc2OCOC)c1. The summed E-state index contributed by atoms with van der Waals surface area (Å²) >= 11 is 0. The highest BCUT2D eigenvalue weighted by molar-refractivity contribution is 6.74. The van der Waals surface area contributed by atoms with Crippen LogP contribution >= 0.6 is 0 Å². The Labute approximate surface area is 354 Å². The summed E-state index contributed by atoms with van der Waals surface area (Å²) < 4.78 is 54.9. The second-order valence-electron chi connectivity index (χ2n) is 19.0. The minimum absolute atomic E-state index is 0.0392. The zero-order valence-electron chi connectivity index (χ0n) is 37.8. The highest BCUT2D eigenvalue weighted by atomic mass is 28.4. The third kappa shape index (κ3) is 11.7. The molecule has 0 amide bonds. The van der Waals surface area contributed by atoms with E-state index in [0.717, 1.165) is 49.4 Å². The predicted molar refractivity (Wildman–Crippen MR) is 234 cm³/mol. The molecule has 5 rings (SSSR count). The van der Waals surface area contributed by atoms with E-state index in [2.05, 4.69) is 85.5 Å². The Morgan fingerprint density at radius 2 is 1.22 bits per heavy atom. The van der Waals surface area contributed by atoms with Crippen LogP contribution in [0.25, 0.3) is 0 Å². The third-order valence-electron chi connectivity index (χ3n) is 11.6. The van der Waals surface area contributed by atoms with Crippen LogP contribution in [0.3, 0.4) is 0 Å². The molecule has 59 heavy (non-hydrogen) atoms. The van der Waals surface area contributed by atoms with Crippen molar-refractivity contribution in [3.63, 3.8) is 0 Å². The topological polar surface area (TPSA) is 107 Å². The maximum absolute atomic E-state index is 13.9. The largest absolute Gasteiger partial charge is 0.467 e. The van der Waals surface area contributed by atoms with Gasteiger partial charge in [0.15, 0.2) is 34.5 Å². The summed E-state index contributed by atoms with van der Waals surface area (Å²) in [7, 11) is 1.31. The van der Waals surface area contributed by atoms with Crippen molar-refractivity contribution >= 4 is 14.0 Å². The number of hydrogen-bond donors (Lipinski definition) is 1. The fraction of sp³-hybridized carbons (Fsp3) is 0.617. The van der Waals surface area contributed by atoms with Crippen LogP contribution in [0.5, 0.6) is 11.5 Å². The number of methoxy groups -OCH3 is 2. The summed E-state index contributed by atoms with van der Waals surface area (Å²) in [5.74, 6) is 0.840. The Morgan fingerprint density at radius 3 is 1.66 bits per heavy atom. The number of rotatable bonds is 19. The molecule has 11 nitrogen and oxygen atoms in total. The van der Waals surface area contributed by atoms with Crippen LogP contribution in [0, 0.1) is 10.8 Å². The minimum atomic E-state index is -1.87. The monoisotopic (exact) mass is 837 g/mol. The molecule has 2 fully saturated rings. The summed E-state index contributed by atoms with van der Waals surface area (Å²) in [5, 5.41) is 14.1. The maximum Gasteiger partial charge on any atom is 0.191 e. The zero-order chi connectivity index (χ0) is 43.1. The van der Waals surface area contributed by atoms with Crippen LogP contribution in [0.4, 0.5) is 5.69 Å². The molecule has 3 aromatic carbocycles. The molecule has 0 atom stereocenters. The van der Waals surface area contributed by atoms with Crippen molar-refractivity contribution in [2.24, 2.45) is 10.8 Å². The molecule has 2 heterocycles. The first-order valence-corrected chi connectivity index (χ1v) is 24.0. The van der Waals surface area contributed by atoms with Gasteiger partial charge in [-0.3, -0.25) is 0 Å². The van der Waals surface area contributed by atoms with Crippen molar-refractivity contribution in [1.82, 2.24) is 0 Å². The summed E-state index contributed by atoms with van der Waals surface area (Å²) in [6.45, 7) is 26.4. The first-order valence-electron chi connectivity index (χ1n) is 21.0. The van der Waals surface area contributed by atoms with Crippen molar-refractivity contribution in [1.29, 1.82) is 0 Å². The molecule has 0 radical (unpaired) electrons. The molecular weight excluding hydrogens is 767 g/mol. The number of aliphatic hydroxyl groups is 1. The molecule has 3 aromatic rings. The molecule has 0 aliphatic carbocycles. The first-order chi connectivity index (χ1) is 27.8. The fourth-order valence-electron chi connectivity index (χ4n) is 7.02. The van der Waals surface area contributed by atoms with Gasteiger partial charge in [0.2, 0.25) is 0 Å². The number of ether oxygens (including phenoxy) is 8. The number of unbranched alkanes of at least 4 members (excludes halogenated alkanes) is 1. The lowest BCUT2D eigenvalue weighted by Gasteiger charge is -2.37. The molecule has 12 heteroatoms. The summed E-state index contributed by atoms with van der Waals surface area (Å²) in [6, 6.07) is 19.4. The molecule has 0 unspecified atom stereocenters. The van der Waals surface area contributed by atoms with Crippen molar-refractivity contribution in [2.75, 3.05) is 78.8 Å². The molecule has 2 saturated heterocycles. The second-order valence-corrected chi connectivity index (χ2v) is 23.8. The quantitative estimate of drug-likeness (QED) is 0.0540. The molecule has 0 saturated carbocycles. The maximum atomic E-state index is 13.9. The van der Waals surface area contributed by atoms with E-state index in [0.29, 0.717) is 54.6 Å². The minimum Gasteiger partial charge on any atom is -0.467 e. The van der Waals surface area contributed by atoms with Gasteiger partial charge in [-0.2, -0.15) is 0 Å². The molecule has 328 valence electrons. The van der Waals surface area contributed by atoms with Gasteiger partial charge in [-0.1, -0.05) is 72.7 Å². The summed E-state index contributed by atoms with van der Waals surface area (Å²) in [5.41, 5.74) is 1.84. The molecule has 1 N–H and O–H groups in total. The smallest absolute Gasteiger partial charge is 0.191 e. The summed E-state index contributed by atoms with van der Waals surface area (Å²) in [6.07, 6.45) is 0.625. The van der Waals surface area contributed by atoms with Gasteiger partial charge in [0.25, 0.3) is 0 Å². The Bertz CT molecular complexity index is 1700. The van der Waals surface area contributed by atoms with E-state index in [-0.39, 0.29) is 29.5 Å². The van der Waals surface area contributed by atoms with Crippen LogP contribution < -0.4 is 14.4 Å². The highest BCUT2D eigenvalue weighted by Gasteiger charge is 2.42. The zero-order valence-corrected chi connectivity index (χ0v) is 38.8. The molecular formula is C47H71NO10Si. The van der Waals surface area contributed by atoms with Crippen molar-refractivity contribution in [2.45, 2.75) is 105 Å². The van der Waals surface area contributed by atoms with E-state index in [4.69, 9.17) is 42.3 Å². The van der Waals surface area contributed by atoms with E-state index in [1.54, 1.807) is 14.2 Å². The van der Waals surface area contributed by atoms with Gasteiger partial charge < -0.3 is 52.3 Å². The van der Waals surface area contributed by atoms with E-state index in [9.17, 15) is 5.11 Å². The van der Waals surface area contributed by atoms with Gasteiger partial charge in [-0.25, -0.2) is 0 Å². The number of nitrogens with zero attached hydrogens (tertiary/aromatic N) is 1. The highest BCUT2D eigenvalue weighted by Crippen LogP contribution is 2.48. The van der Waals surface area contributed by atoms with E-state index in [1.165, 1.54) is 0 Å². The first kappa shape index (κ1) is 47.0. The van der Waals surface area contributed by atoms with Crippen molar-refractivity contribution in [3.05, 3.63) is 88.5 Å². The number of benzene rings is 3. The Kier molecular flexibility index (Phi) is 15.8. The summed E-state index contributed by atoms with van der Waals surface area (Å²) in [4.78, 5) is 2.34. The van der Waals surface area contributed by atoms with Crippen LogP contribution in [0.15, 0.2) is 60.7 Å².